The number of hydrogen-bond donors (Lipinski definition) is 1. The van der Waals surface area contributed by atoms with E-state index in [0.717, 1.165) is 4.90 Å². The maximum Gasteiger partial charge on any atom is 0.325 e. The molecule has 0 aromatic carbocycles. The van der Waals surface area contributed by atoms with Gasteiger partial charge in [0, 0.05) is 6.92 Å². The van der Waals surface area contributed by atoms with Gasteiger partial charge in [-0.25, -0.2) is 0 Å². The smallest absolute Gasteiger partial charge is 0.325 e. The van der Waals surface area contributed by atoms with Crippen molar-refractivity contribution in [2.24, 2.45) is 5.92 Å². The van der Waals surface area contributed by atoms with Crippen molar-refractivity contribution in [3.05, 3.63) is 0 Å². The van der Waals surface area contributed by atoms with Crippen LogP contribution in [0.15, 0.2) is 0 Å². The zero-order valence-electron chi connectivity index (χ0n) is 9.87. The minimum Gasteiger partial charge on any atom is -0.468 e. The van der Waals surface area contributed by atoms with Gasteiger partial charge in [-0.2, -0.15) is 0 Å². The number of nitrogens with zero attached hydrogens (tertiary/aromatic N) is 1. The summed E-state index contributed by atoms with van der Waals surface area (Å²) in [7, 11) is 1.19. The number of rotatable bonds is 4. The van der Waals surface area contributed by atoms with E-state index in [0.29, 0.717) is 0 Å². The van der Waals surface area contributed by atoms with Crippen LogP contribution in [0.4, 0.5) is 0 Å². The summed E-state index contributed by atoms with van der Waals surface area (Å²) < 4.78 is 9.31. The fourth-order valence-electron chi connectivity index (χ4n) is 1.67. The van der Waals surface area contributed by atoms with Crippen LogP contribution < -0.4 is 0 Å². The van der Waals surface area contributed by atoms with Gasteiger partial charge in [-0.1, -0.05) is 0 Å². The summed E-state index contributed by atoms with van der Waals surface area (Å²) in [5, 5.41) is 9.38. The van der Waals surface area contributed by atoms with Crippen molar-refractivity contribution in [3.8, 4) is 0 Å². The first-order valence-corrected chi connectivity index (χ1v) is 5.11. The molecule has 1 rings (SSSR count). The number of esters is 2. The summed E-state index contributed by atoms with van der Waals surface area (Å²) >= 11 is 0. The van der Waals surface area contributed by atoms with Gasteiger partial charge in [-0.05, 0) is 6.92 Å². The summed E-state index contributed by atoms with van der Waals surface area (Å²) in [6.45, 7) is 2.32. The van der Waals surface area contributed by atoms with Gasteiger partial charge in [0.05, 0.1) is 13.2 Å². The molecule has 0 unspecified atom stereocenters. The lowest BCUT2D eigenvalue weighted by molar-refractivity contribution is -0.209. The zero-order chi connectivity index (χ0) is 13.2. The van der Waals surface area contributed by atoms with Crippen LogP contribution in [0.25, 0.3) is 0 Å². The average Bonchev–Trinajstić information content (AvgIpc) is 2.23. The van der Waals surface area contributed by atoms with E-state index in [4.69, 9.17) is 4.74 Å². The Morgan fingerprint density at radius 3 is 2.53 bits per heavy atom. The van der Waals surface area contributed by atoms with Crippen LogP contribution in [-0.2, 0) is 23.9 Å². The molecule has 0 aliphatic carbocycles. The Kier molecular flexibility index (Phi) is 4.06. The van der Waals surface area contributed by atoms with Gasteiger partial charge in [0.15, 0.2) is 6.23 Å². The first kappa shape index (κ1) is 13.4. The lowest BCUT2D eigenvalue weighted by Gasteiger charge is -2.46. The molecule has 1 saturated heterocycles. The topological polar surface area (TPSA) is 93.1 Å². The molecule has 7 heteroatoms. The lowest BCUT2D eigenvalue weighted by atomic mass is 9.90. The van der Waals surface area contributed by atoms with Crippen LogP contribution in [0.5, 0.6) is 0 Å². The molecular weight excluding hydrogens is 230 g/mol. The second kappa shape index (κ2) is 5.13. The molecule has 1 aliphatic rings. The highest BCUT2D eigenvalue weighted by atomic mass is 16.6. The fraction of sp³-hybridized carbons (Fsp3) is 0.700. The van der Waals surface area contributed by atoms with E-state index in [1.807, 2.05) is 0 Å². The van der Waals surface area contributed by atoms with Crippen molar-refractivity contribution in [1.29, 1.82) is 0 Å². The first-order chi connectivity index (χ1) is 7.88. The number of methoxy groups -OCH3 is 1. The lowest BCUT2D eigenvalue weighted by Crippen LogP contribution is -2.66. The number of ether oxygens (including phenoxy) is 2. The molecule has 3 atom stereocenters. The Morgan fingerprint density at radius 1 is 1.53 bits per heavy atom. The SMILES string of the molecule is COC(=O)CN1C(=O)[C@H]([C@@H](C)O)[C@H]1OC(C)=O. The third-order valence-corrected chi connectivity index (χ3v) is 2.52. The second-order valence-electron chi connectivity index (χ2n) is 3.81. The molecule has 1 aliphatic heterocycles. The zero-order valence-corrected chi connectivity index (χ0v) is 9.87. The van der Waals surface area contributed by atoms with Gasteiger partial charge in [0.2, 0.25) is 5.91 Å². The molecule has 0 aromatic heterocycles. The number of likely N-dealkylation sites (tertiary alicyclic amines) is 1. The van der Waals surface area contributed by atoms with Gasteiger partial charge in [-0.3, -0.25) is 19.3 Å². The van der Waals surface area contributed by atoms with Gasteiger partial charge < -0.3 is 14.6 Å². The molecule has 0 bridgehead atoms. The Morgan fingerprint density at radius 2 is 2.12 bits per heavy atom. The minimum absolute atomic E-state index is 0.295. The van der Waals surface area contributed by atoms with Crippen LogP contribution >= 0.6 is 0 Å². The third kappa shape index (κ3) is 2.73. The van der Waals surface area contributed by atoms with Crippen molar-refractivity contribution in [2.75, 3.05) is 13.7 Å². The minimum atomic E-state index is -0.944. The van der Waals surface area contributed by atoms with Crippen molar-refractivity contribution >= 4 is 17.8 Å². The van der Waals surface area contributed by atoms with Crippen molar-refractivity contribution in [2.45, 2.75) is 26.2 Å². The number of aliphatic hydroxyl groups is 1. The molecule has 0 radical (unpaired) electrons. The fourth-order valence-corrected chi connectivity index (χ4v) is 1.67. The van der Waals surface area contributed by atoms with Crippen LogP contribution in [0.2, 0.25) is 0 Å². The van der Waals surface area contributed by atoms with Gasteiger partial charge in [-0.15, -0.1) is 0 Å². The number of carbonyl (C=O) groups is 3. The summed E-state index contributed by atoms with van der Waals surface area (Å²) in [6, 6.07) is 0. The van der Waals surface area contributed by atoms with Gasteiger partial charge in [0.1, 0.15) is 12.5 Å². The van der Waals surface area contributed by atoms with E-state index in [9.17, 15) is 19.5 Å². The predicted molar refractivity (Wildman–Crippen MR) is 54.5 cm³/mol. The van der Waals surface area contributed by atoms with Crippen molar-refractivity contribution < 1.29 is 29.0 Å². The quantitative estimate of drug-likeness (QED) is 0.498. The summed E-state index contributed by atoms with van der Waals surface area (Å²) in [4.78, 5) is 34.6. The van der Waals surface area contributed by atoms with Crippen LogP contribution in [0.3, 0.4) is 0 Å². The number of β-lactam (4-membered cyclic amide) rings is 1. The number of amides is 1. The van der Waals surface area contributed by atoms with Crippen LogP contribution in [0.1, 0.15) is 13.8 Å². The van der Waals surface area contributed by atoms with Gasteiger partial charge >= 0.3 is 11.9 Å². The number of hydrogen-bond acceptors (Lipinski definition) is 6. The van der Waals surface area contributed by atoms with Crippen LogP contribution in [-0.4, -0.2) is 53.8 Å². The summed E-state index contributed by atoms with van der Waals surface area (Å²) in [5.74, 6) is -2.44. The van der Waals surface area contributed by atoms with E-state index >= 15 is 0 Å². The summed E-state index contributed by atoms with van der Waals surface area (Å²) in [5.41, 5.74) is 0. The van der Waals surface area contributed by atoms with E-state index < -0.39 is 36.1 Å². The first-order valence-electron chi connectivity index (χ1n) is 5.11. The van der Waals surface area contributed by atoms with E-state index in [1.165, 1.54) is 21.0 Å². The maximum atomic E-state index is 11.6. The third-order valence-electron chi connectivity index (χ3n) is 2.52. The normalized spacial score (nSPS) is 24.9. The number of carbonyl (C=O) groups excluding carboxylic acids is 3. The molecule has 1 N–H and O–H groups in total. The Balaban J connectivity index is 2.72. The average molecular weight is 245 g/mol. The van der Waals surface area contributed by atoms with E-state index in [-0.39, 0.29) is 6.54 Å². The molecule has 96 valence electrons. The monoisotopic (exact) mass is 245 g/mol. The predicted octanol–water partition coefficient (Wildman–Crippen LogP) is -1.11. The largest absolute Gasteiger partial charge is 0.468 e. The molecular formula is C10H15NO6. The Labute approximate surface area is 98.3 Å². The highest BCUT2D eigenvalue weighted by Gasteiger charge is 2.52. The molecule has 1 fully saturated rings. The second-order valence-corrected chi connectivity index (χ2v) is 3.81. The highest BCUT2D eigenvalue weighted by Crippen LogP contribution is 2.30. The molecule has 7 nitrogen and oxygen atoms in total. The molecule has 0 saturated carbocycles. The molecule has 1 heterocycles. The molecule has 0 aromatic rings. The van der Waals surface area contributed by atoms with Crippen LogP contribution in [0, 0.1) is 5.92 Å². The van der Waals surface area contributed by atoms with Crippen molar-refractivity contribution in [3.63, 3.8) is 0 Å². The van der Waals surface area contributed by atoms with Crippen molar-refractivity contribution in [1.82, 2.24) is 4.90 Å². The van der Waals surface area contributed by atoms with E-state index in [1.54, 1.807) is 0 Å². The Bertz CT molecular complexity index is 340. The summed E-state index contributed by atoms with van der Waals surface area (Å²) in [6.07, 6.45) is -1.85. The molecule has 17 heavy (non-hydrogen) atoms. The van der Waals surface area contributed by atoms with E-state index in [2.05, 4.69) is 4.74 Å². The number of aliphatic hydroxyl groups excluding tert-OH is 1. The maximum absolute atomic E-state index is 11.6. The molecule has 0 spiro atoms. The molecule has 1 amide bonds. The standard InChI is InChI=1S/C10H15NO6/c1-5(12)8-9(15)11(4-7(14)16-3)10(8)17-6(2)13/h5,8,10,12H,4H2,1-3H3/t5-,8+,10-/m1/s1. The Hall–Kier alpha value is -1.63. The van der Waals surface area contributed by atoms with Gasteiger partial charge in [0.25, 0.3) is 0 Å². The highest BCUT2D eigenvalue weighted by molar-refractivity contribution is 5.90.